The largest absolute Gasteiger partial charge is 0.493 e. The molecule has 4 heteroatoms. The number of carbonyl (C=O) groups is 1. The lowest BCUT2D eigenvalue weighted by molar-refractivity contribution is -0.113. The third kappa shape index (κ3) is 3.74. The minimum Gasteiger partial charge on any atom is -0.493 e. The Labute approximate surface area is 113 Å². The van der Waals surface area contributed by atoms with E-state index in [1.807, 2.05) is 18.2 Å². The molecule has 0 saturated heterocycles. The first-order chi connectivity index (χ1) is 9.19. The summed E-state index contributed by atoms with van der Waals surface area (Å²) in [5.74, 6) is 0.971. The summed E-state index contributed by atoms with van der Waals surface area (Å²) in [6.45, 7) is 0. The lowest BCUT2D eigenvalue weighted by atomic mass is 10.2. The van der Waals surface area contributed by atoms with Crippen LogP contribution in [0.15, 0.2) is 24.3 Å². The van der Waals surface area contributed by atoms with Crippen molar-refractivity contribution in [3.05, 3.63) is 29.8 Å². The summed E-state index contributed by atoms with van der Waals surface area (Å²) in [7, 11) is 1.62. The molecule has 1 aliphatic rings. The fourth-order valence-electron chi connectivity index (χ4n) is 2.25. The van der Waals surface area contributed by atoms with Crippen molar-refractivity contribution < 1.29 is 14.3 Å². The maximum Gasteiger partial charge on any atom is 0.241 e. The number of nitrogens with two attached hydrogens (primary N) is 1. The molecule has 1 saturated carbocycles. The van der Waals surface area contributed by atoms with E-state index in [1.54, 1.807) is 13.2 Å². The van der Waals surface area contributed by atoms with Crippen LogP contribution in [-0.2, 0) is 4.79 Å². The van der Waals surface area contributed by atoms with Crippen LogP contribution in [0.3, 0.4) is 0 Å². The molecule has 0 aliphatic heterocycles. The number of ether oxygens (including phenoxy) is 2. The number of hydrogen-bond acceptors (Lipinski definition) is 3. The molecule has 1 fully saturated rings. The van der Waals surface area contributed by atoms with Crippen molar-refractivity contribution in [3.63, 3.8) is 0 Å². The van der Waals surface area contributed by atoms with E-state index in [-0.39, 0.29) is 6.10 Å². The molecule has 2 rings (SSSR count). The highest BCUT2D eigenvalue weighted by Crippen LogP contribution is 2.32. The number of primary amides is 1. The summed E-state index contributed by atoms with van der Waals surface area (Å²) in [5, 5.41) is 0. The van der Waals surface area contributed by atoms with E-state index in [0.717, 1.165) is 24.2 Å². The van der Waals surface area contributed by atoms with Crippen molar-refractivity contribution in [2.45, 2.75) is 31.8 Å². The zero-order chi connectivity index (χ0) is 13.7. The number of benzene rings is 1. The predicted molar refractivity (Wildman–Crippen MR) is 74.1 cm³/mol. The quantitative estimate of drug-likeness (QED) is 0.828. The Morgan fingerprint density at radius 2 is 2.05 bits per heavy atom. The molecule has 19 heavy (non-hydrogen) atoms. The van der Waals surface area contributed by atoms with Gasteiger partial charge in [-0.3, -0.25) is 4.79 Å². The summed E-state index contributed by atoms with van der Waals surface area (Å²) in [6.07, 6.45) is 7.88. The first-order valence-electron chi connectivity index (χ1n) is 6.51. The van der Waals surface area contributed by atoms with Crippen molar-refractivity contribution in [1.82, 2.24) is 0 Å². The SMILES string of the molecule is COc1ccc(C=CC(N)=O)cc1OC1CCCC1. The number of hydrogen-bond donors (Lipinski definition) is 1. The fourth-order valence-corrected chi connectivity index (χ4v) is 2.25. The zero-order valence-electron chi connectivity index (χ0n) is 11.1. The maximum absolute atomic E-state index is 10.7. The number of methoxy groups -OCH3 is 1. The topological polar surface area (TPSA) is 61.5 Å². The normalized spacial score (nSPS) is 15.8. The molecule has 0 radical (unpaired) electrons. The van der Waals surface area contributed by atoms with E-state index in [4.69, 9.17) is 15.2 Å². The van der Waals surface area contributed by atoms with Gasteiger partial charge in [-0.05, 0) is 49.5 Å². The lowest BCUT2D eigenvalue weighted by Crippen LogP contribution is -2.11. The third-order valence-electron chi connectivity index (χ3n) is 3.22. The Bertz CT molecular complexity index is 476. The average Bonchev–Trinajstić information content (AvgIpc) is 2.89. The molecule has 102 valence electrons. The molecule has 0 aromatic heterocycles. The van der Waals surface area contributed by atoms with Crippen LogP contribution in [0.25, 0.3) is 6.08 Å². The van der Waals surface area contributed by atoms with Gasteiger partial charge in [-0.1, -0.05) is 6.07 Å². The lowest BCUT2D eigenvalue weighted by Gasteiger charge is -2.16. The van der Waals surface area contributed by atoms with Crippen LogP contribution in [0.4, 0.5) is 0 Å². The smallest absolute Gasteiger partial charge is 0.241 e. The van der Waals surface area contributed by atoms with Crippen LogP contribution in [0.5, 0.6) is 11.5 Å². The second-order valence-corrected chi connectivity index (χ2v) is 4.67. The van der Waals surface area contributed by atoms with Gasteiger partial charge in [-0.15, -0.1) is 0 Å². The van der Waals surface area contributed by atoms with Crippen molar-refractivity contribution in [1.29, 1.82) is 0 Å². The third-order valence-corrected chi connectivity index (χ3v) is 3.22. The Morgan fingerprint density at radius 3 is 2.68 bits per heavy atom. The van der Waals surface area contributed by atoms with Crippen molar-refractivity contribution in [2.75, 3.05) is 7.11 Å². The Kier molecular flexibility index (Phi) is 4.44. The van der Waals surface area contributed by atoms with E-state index in [0.29, 0.717) is 5.75 Å². The van der Waals surface area contributed by atoms with Crippen molar-refractivity contribution in [2.24, 2.45) is 5.73 Å². The predicted octanol–water partition coefficient (Wildman–Crippen LogP) is 2.52. The highest BCUT2D eigenvalue weighted by atomic mass is 16.5. The molecular formula is C15H19NO3. The Hall–Kier alpha value is -1.97. The molecule has 2 N–H and O–H groups in total. The number of carbonyl (C=O) groups excluding carboxylic acids is 1. The van der Waals surface area contributed by atoms with Crippen molar-refractivity contribution in [3.8, 4) is 11.5 Å². The average molecular weight is 261 g/mol. The molecule has 0 bridgehead atoms. The van der Waals surface area contributed by atoms with Crippen LogP contribution >= 0.6 is 0 Å². The van der Waals surface area contributed by atoms with Gasteiger partial charge in [0.25, 0.3) is 0 Å². The van der Waals surface area contributed by atoms with Crippen LogP contribution in [-0.4, -0.2) is 19.1 Å². The molecule has 1 aromatic carbocycles. The minimum atomic E-state index is -0.464. The molecule has 0 atom stereocenters. The summed E-state index contributed by atoms with van der Waals surface area (Å²) >= 11 is 0. The highest BCUT2D eigenvalue weighted by Gasteiger charge is 2.18. The van der Waals surface area contributed by atoms with Crippen LogP contribution in [0.2, 0.25) is 0 Å². The first kappa shape index (κ1) is 13.5. The molecule has 1 aromatic rings. The monoisotopic (exact) mass is 261 g/mol. The first-order valence-corrected chi connectivity index (χ1v) is 6.51. The zero-order valence-corrected chi connectivity index (χ0v) is 11.1. The van der Waals surface area contributed by atoms with E-state index in [9.17, 15) is 4.79 Å². The van der Waals surface area contributed by atoms with Gasteiger partial charge in [0.15, 0.2) is 11.5 Å². The summed E-state index contributed by atoms with van der Waals surface area (Å²) in [5.41, 5.74) is 5.95. The van der Waals surface area contributed by atoms with Gasteiger partial charge in [-0.2, -0.15) is 0 Å². The van der Waals surface area contributed by atoms with Crippen LogP contribution in [0.1, 0.15) is 31.2 Å². The van der Waals surface area contributed by atoms with Crippen LogP contribution in [0, 0.1) is 0 Å². The second-order valence-electron chi connectivity index (χ2n) is 4.67. The number of amides is 1. The van der Waals surface area contributed by atoms with E-state index in [1.165, 1.54) is 18.9 Å². The Balaban J connectivity index is 2.17. The standard InChI is InChI=1S/C15H19NO3/c1-18-13-8-6-11(7-9-15(16)17)10-14(13)19-12-4-2-3-5-12/h6-10,12H,2-5H2,1H3,(H2,16,17). The molecule has 0 unspecified atom stereocenters. The van der Waals surface area contributed by atoms with Gasteiger partial charge in [0.05, 0.1) is 13.2 Å². The second kappa shape index (κ2) is 6.27. The number of rotatable bonds is 5. The molecule has 1 aliphatic carbocycles. The van der Waals surface area contributed by atoms with Gasteiger partial charge in [0, 0.05) is 6.08 Å². The maximum atomic E-state index is 10.7. The van der Waals surface area contributed by atoms with Gasteiger partial charge in [0.2, 0.25) is 5.91 Å². The van der Waals surface area contributed by atoms with Crippen LogP contribution < -0.4 is 15.2 Å². The van der Waals surface area contributed by atoms with E-state index in [2.05, 4.69) is 0 Å². The van der Waals surface area contributed by atoms with E-state index >= 15 is 0 Å². The molecular weight excluding hydrogens is 242 g/mol. The van der Waals surface area contributed by atoms with Gasteiger partial charge < -0.3 is 15.2 Å². The molecule has 0 heterocycles. The van der Waals surface area contributed by atoms with Gasteiger partial charge in [-0.25, -0.2) is 0 Å². The molecule has 4 nitrogen and oxygen atoms in total. The molecule has 1 amide bonds. The summed E-state index contributed by atoms with van der Waals surface area (Å²) < 4.78 is 11.3. The van der Waals surface area contributed by atoms with E-state index < -0.39 is 5.91 Å². The summed E-state index contributed by atoms with van der Waals surface area (Å²) in [6, 6.07) is 5.57. The van der Waals surface area contributed by atoms with Gasteiger partial charge in [0.1, 0.15) is 0 Å². The minimum absolute atomic E-state index is 0.268. The molecule has 0 spiro atoms. The highest BCUT2D eigenvalue weighted by molar-refractivity contribution is 5.90. The van der Waals surface area contributed by atoms with Gasteiger partial charge >= 0.3 is 0 Å². The van der Waals surface area contributed by atoms with Crippen molar-refractivity contribution >= 4 is 12.0 Å². The Morgan fingerprint density at radius 1 is 1.32 bits per heavy atom. The fraction of sp³-hybridized carbons (Fsp3) is 0.400. The summed E-state index contributed by atoms with van der Waals surface area (Å²) in [4.78, 5) is 10.7.